The Labute approximate surface area is 138 Å². The molecule has 0 radical (unpaired) electrons. The van der Waals surface area contributed by atoms with Crippen molar-refractivity contribution in [2.45, 2.75) is 13.8 Å². The molecule has 0 aliphatic heterocycles. The number of carbonyl (C=O) groups is 1. The zero-order chi connectivity index (χ0) is 17.3. The molecule has 0 fully saturated rings. The van der Waals surface area contributed by atoms with Crippen molar-refractivity contribution in [1.29, 1.82) is 0 Å². The van der Waals surface area contributed by atoms with Crippen LogP contribution >= 0.6 is 0 Å². The summed E-state index contributed by atoms with van der Waals surface area (Å²) in [6.07, 6.45) is 1.76. The third kappa shape index (κ3) is 2.99. The van der Waals surface area contributed by atoms with E-state index in [4.69, 9.17) is 5.73 Å². The van der Waals surface area contributed by atoms with E-state index < -0.39 is 5.82 Å². The first-order valence-corrected chi connectivity index (χ1v) is 7.43. The number of hydrogen-bond acceptors (Lipinski definition) is 3. The maximum Gasteiger partial charge on any atom is 0.255 e. The van der Waals surface area contributed by atoms with Crippen molar-refractivity contribution in [3.8, 4) is 5.69 Å². The molecule has 0 aliphatic carbocycles. The molecular formula is C18H17FN4O. The average Bonchev–Trinajstić information content (AvgIpc) is 2.90. The van der Waals surface area contributed by atoms with Crippen LogP contribution in [0.15, 0.2) is 48.8 Å². The quantitative estimate of drug-likeness (QED) is 0.725. The lowest BCUT2D eigenvalue weighted by atomic mass is 10.1. The van der Waals surface area contributed by atoms with Gasteiger partial charge >= 0.3 is 0 Å². The van der Waals surface area contributed by atoms with Crippen LogP contribution in [0.2, 0.25) is 0 Å². The van der Waals surface area contributed by atoms with E-state index in [0.29, 0.717) is 11.3 Å². The molecule has 6 heteroatoms. The van der Waals surface area contributed by atoms with Crippen molar-refractivity contribution >= 4 is 17.3 Å². The molecule has 1 amide bonds. The molecule has 1 heterocycles. The highest BCUT2D eigenvalue weighted by atomic mass is 19.1. The van der Waals surface area contributed by atoms with Gasteiger partial charge in [-0.05, 0) is 56.3 Å². The van der Waals surface area contributed by atoms with Crippen molar-refractivity contribution in [2.75, 3.05) is 11.1 Å². The van der Waals surface area contributed by atoms with Gasteiger partial charge in [-0.2, -0.15) is 0 Å². The summed E-state index contributed by atoms with van der Waals surface area (Å²) in [5.74, 6) is -0.883. The summed E-state index contributed by atoms with van der Waals surface area (Å²) in [5.41, 5.74) is 9.37. The van der Waals surface area contributed by atoms with Crippen molar-refractivity contribution in [1.82, 2.24) is 9.55 Å². The van der Waals surface area contributed by atoms with Crippen LogP contribution in [0.4, 0.5) is 15.8 Å². The maximum absolute atomic E-state index is 13.2. The van der Waals surface area contributed by atoms with Crippen molar-refractivity contribution in [2.24, 2.45) is 0 Å². The average molecular weight is 324 g/mol. The van der Waals surface area contributed by atoms with Gasteiger partial charge in [-0.3, -0.25) is 4.79 Å². The Bertz CT molecular complexity index is 900. The normalized spacial score (nSPS) is 10.6. The molecule has 0 spiro atoms. The second kappa shape index (κ2) is 6.16. The molecule has 24 heavy (non-hydrogen) atoms. The van der Waals surface area contributed by atoms with Crippen LogP contribution < -0.4 is 11.1 Å². The van der Waals surface area contributed by atoms with Crippen LogP contribution in [-0.4, -0.2) is 15.5 Å². The monoisotopic (exact) mass is 324 g/mol. The smallest absolute Gasteiger partial charge is 0.255 e. The first-order chi connectivity index (χ1) is 11.5. The number of aromatic nitrogens is 2. The van der Waals surface area contributed by atoms with Gasteiger partial charge in [0.25, 0.3) is 5.91 Å². The van der Waals surface area contributed by atoms with Gasteiger partial charge in [0.1, 0.15) is 5.82 Å². The molecule has 0 saturated heterocycles. The number of rotatable bonds is 3. The number of imidazole rings is 1. The van der Waals surface area contributed by atoms with Crippen LogP contribution in [0.5, 0.6) is 0 Å². The number of carbonyl (C=O) groups excluding carboxylic acids is 1. The van der Waals surface area contributed by atoms with Crippen LogP contribution in [0, 0.1) is 19.7 Å². The number of benzene rings is 2. The Balaban J connectivity index is 1.77. The van der Waals surface area contributed by atoms with E-state index in [2.05, 4.69) is 10.3 Å². The minimum Gasteiger partial charge on any atom is -0.396 e. The largest absolute Gasteiger partial charge is 0.396 e. The zero-order valence-electron chi connectivity index (χ0n) is 13.4. The van der Waals surface area contributed by atoms with E-state index in [-0.39, 0.29) is 11.6 Å². The first kappa shape index (κ1) is 15.7. The summed E-state index contributed by atoms with van der Waals surface area (Å²) in [5, 5.41) is 2.76. The molecule has 3 N–H and O–H groups in total. The topological polar surface area (TPSA) is 72.9 Å². The fraction of sp³-hybridized carbons (Fsp3) is 0.111. The van der Waals surface area contributed by atoms with Gasteiger partial charge in [0.15, 0.2) is 0 Å². The fourth-order valence-corrected chi connectivity index (χ4v) is 2.35. The van der Waals surface area contributed by atoms with Gasteiger partial charge in [0.05, 0.1) is 17.7 Å². The summed E-state index contributed by atoms with van der Waals surface area (Å²) >= 11 is 0. The summed E-state index contributed by atoms with van der Waals surface area (Å²) in [7, 11) is 0. The lowest BCUT2D eigenvalue weighted by molar-refractivity contribution is 0.102. The summed E-state index contributed by atoms with van der Waals surface area (Å²) in [6, 6.07) is 11.3. The van der Waals surface area contributed by atoms with Gasteiger partial charge in [0, 0.05) is 22.6 Å². The third-order valence-electron chi connectivity index (χ3n) is 3.91. The van der Waals surface area contributed by atoms with E-state index in [1.807, 2.05) is 30.5 Å². The number of hydrogen-bond donors (Lipinski definition) is 2. The number of anilines is 2. The minimum absolute atomic E-state index is 0.0519. The van der Waals surface area contributed by atoms with Gasteiger partial charge in [-0.15, -0.1) is 0 Å². The van der Waals surface area contributed by atoms with E-state index in [0.717, 1.165) is 17.1 Å². The molecule has 1 aromatic heterocycles. The van der Waals surface area contributed by atoms with Crippen LogP contribution in [0.25, 0.3) is 5.69 Å². The number of nitrogens with one attached hydrogen (secondary N) is 1. The van der Waals surface area contributed by atoms with Gasteiger partial charge in [0.2, 0.25) is 0 Å². The van der Waals surface area contributed by atoms with E-state index in [9.17, 15) is 9.18 Å². The van der Waals surface area contributed by atoms with E-state index in [1.54, 1.807) is 18.5 Å². The molecule has 3 rings (SSSR count). The SMILES string of the molecule is Cc1ncn(-c2ccc(NC(=O)c3ccc(F)c(N)c3)cc2)c1C. The summed E-state index contributed by atoms with van der Waals surface area (Å²) in [6.45, 7) is 3.95. The Kier molecular flexibility index (Phi) is 4.04. The maximum atomic E-state index is 13.2. The number of nitrogen functional groups attached to an aromatic ring is 1. The second-order valence-electron chi connectivity index (χ2n) is 5.52. The Morgan fingerprint density at radius 2 is 1.88 bits per heavy atom. The molecule has 122 valence electrons. The number of aryl methyl sites for hydroxylation is 1. The standard InChI is InChI=1S/C18H17FN4O/c1-11-12(2)23(10-21-11)15-6-4-14(5-7-15)22-18(24)13-3-8-16(19)17(20)9-13/h3-10H,20H2,1-2H3,(H,22,24). The molecule has 3 aromatic rings. The molecule has 0 unspecified atom stereocenters. The molecular weight excluding hydrogens is 307 g/mol. The Morgan fingerprint density at radius 3 is 2.46 bits per heavy atom. The molecule has 5 nitrogen and oxygen atoms in total. The fourth-order valence-electron chi connectivity index (χ4n) is 2.35. The molecule has 0 saturated carbocycles. The zero-order valence-corrected chi connectivity index (χ0v) is 13.4. The summed E-state index contributed by atoms with van der Waals surface area (Å²) in [4.78, 5) is 16.5. The predicted octanol–water partition coefficient (Wildman–Crippen LogP) is 3.46. The Hall–Kier alpha value is -3.15. The highest BCUT2D eigenvalue weighted by molar-refractivity contribution is 6.04. The van der Waals surface area contributed by atoms with E-state index >= 15 is 0 Å². The van der Waals surface area contributed by atoms with Crippen molar-refractivity contribution in [3.05, 3.63) is 71.6 Å². The van der Waals surface area contributed by atoms with Crippen LogP contribution in [0.3, 0.4) is 0 Å². The number of amides is 1. The van der Waals surface area contributed by atoms with Crippen molar-refractivity contribution < 1.29 is 9.18 Å². The third-order valence-corrected chi connectivity index (χ3v) is 3.91. The highest BCUT2D eigenvalue weighted by Crippen LogP contribution is 2.18. The van der Waals surface area contributed by atoms with Gasteiger partial charge in [-0.1, -0.05) is 0 Å². The lowest BCUT2D eigenvalue weighted by Gasteiger charge is -2.09. The van der Waals surface area contributed by atoms with Crippen molar-refractivity contribution in [3.63, 3.8) is 0 Å². The van der Waals surface area contributed by atoms with Gasteiger partial charge in [-0.25, -0.2) is 9.37 Å². The molecule has 2 aromatic carbocycles. The number of halogens is 1. The molecule has 0 atom stereocenters. The van der Waals surface area contributed by atoms with Crippen LogP contribution in [0.1, 0.15) is 21.7 Å². The second-order valence-corrected chi connectivity index (χ2v) is 5.52. The first-order valence-electron chi connectivity index (χ1n) is 7.43. The molecule has 0 aliphatic rings. The van der Waals surface area contributed by atoms with E-state index in [1.165, 1.54) is 18.2 Å². The lowest BCUT2D eigenvalue weighted by Crippen LogP contribution is -2.12. The number of nitrogens with two attached hydrogens (primary N) is 1. The van der Waals surface area contributed by atoms with Crippen LogP contribution in [-0.2, 0) is 0 Å². The minimum atomic E-state index is -0.540. The Morgan fingerprint density at radius 1 is 1.17 bits per heavy atom. The summed E-state index contributed by atoms with van der Waals surface area (Å²) < 4.78 is 15.1. The highest BCUT2D eigenvalue weighted by Gasteiger charge is 2.09. The number of nitrogens with zero attached hydrogens (tertiary/aromatic N) is 2. The predicted molar refractivity (Wildman–Crippen MR) is 91.8 cm³/mol. The van der Waals surface area contributed by atoms with Gasteiger partial charge < -0.3 is 15.6 Å². The molecule has 0 bridgehead atoms.